The molecule has 0 unspecified atom stereocenters. The summed E-state index contributed by atoms with van der Waals surface area (Å²) >= 11 is 0. The standard InChI is InChI=1S/C10H12N2O2/c1-3-14-10(13)9(11)8-5-4-7(2)6-12-8/h4-6,11H,3H2,1-2H3. The molecule has 74 valence electrons. The molecule has 1 rings (SSSR count). The highest BCUT2D eigenvalue weighted by Gasteiger charge is 2.13. The largest absolute Gasteiger partial charge is 0.461 e. The Labute approximate surface area is 82.4 Å². The molecule has 4 heteroatoms. The van der Waals surface area contributed by atoms with Crippen LogP contribution in [0.5, 0.6) is 0 Å². The van der Waals surface area contributed by atoms with Crippen molar-refractivity contribution in [1.82, 2.24) is 4.98 Å². The molecule has 0 aliphatic heterocycles. The summed E-state index contributed by atoms with van der Waals surface area (Å²) in [5.74, 6) is -0.635. The monoisotopic (exact) mass is 192 g/mol. The number of esters is 1. The van der Waals surface area contributed by atoms with E-state index in [0.717, 1.165) is 5.56 Å². The van der Waals surface area contributed by atoms with Crippen molar-refractivity contribution >= 4 is 11.7 Å². The zero-order valence-electron chi connectivity index (χ0n) is 8.20. The molecule has 0 aliphatic carbocycles. The Morgan fingerprint density at radius 1 is 1.57 bits per heavy atom. The van der Waals surface area contributed by atoms with Gasteiger partial charge >= 0.3 is 5.97 Å². The molecular formula is C10H12N2O2. The van der Waals surface area contributed by atoms with Gasteiger partial charge in [0.2, 0.25) is 0 Å². The molecule has 0 saturated carbocycles. The summed E-state index contributed by atoms with van der Waals surface area (Å²) < 4.78 is 4.68. The predicted molar refractivity (Wildman–Crippen MR) is 52.4 cm³/mol. The van der Waals surface area contributed by atoms with Crippen LogP contribution in [0.1, 0.15) is 18.2 Å². The van der Waals surface area contributed by atoms with Crippen molar-refractivity contribution in [3.05, 3.63) is 29.6 Å². The van der Waals surface area contributed by atoms with Crippen molar-refractivity contribution in [2.24, 2.45) is 0 Å². The average Bonchev–Trinajstić information content (AvgIpc) is 2.18. The van der Waals surface area contributed by atoms with E-state index in [2.05, 4.69) is 9.72 Å². The van der Waals surface area contributed by atoms with Crippen LogP contribution < -0.4 is 0 Å². The third-order valence-corrected chi connectivity index (χ3v) is 1.65. The van der Waals surface area contributed by atoms with Crippen molar-refractivity contribution in [3.8, 4) is 0 Å². The number of ether oxygens (including phenoxy) is 1. The first-order valence-electron chi connectivity index (χ1n) is 4.34. The van der Waals surface area contributed by atoms with Crippen molar-refractivity contribution < 1.29 is 9.53 Å². The molecule has 0 bridgehead atoms. The van der Waals surface area contributed by atoms with E-state index in [1.165, 1.54) is 0 Å². The molecule has 0 saturated heterocycles. The maximum atomic E-state index is 11.1. The van der Waals surface area contributed by atoms with E-state index in [1.807, 2.05) is 6.92 Å². The van der Waals surface area contributed by atoms with Crippen molar-refractivity contribution in [1.29, 1.82) is 5.41 Å². The number of hydrogen-bond acceptors (Lipinski definition) is 4. The summed E-state index contributed by atoms with van der Waals surface area (Å²) in [4.78, 5) is 15.1. The third-order valence-electron chi connectivity index (χ3n) is 1.65. The number of nitrogens with zero attached hydrogens (tertiary/aromatic N) is 1. The number of carbonyl (C=O) groups is 1. The normalized spacial score (nSPS) is 9.57. The zero-order valence-corrected chi connectivity index (χ0v) is 8.20. The van der Waals surface area contributed by atoms with Crippen LogP contribution in [-0.2, 0) is 9.53 Å². The van der Waals surface area contributed by atoms with Crippen LogP contribution in [0.25, 0.3) is 0 Å². The zero-order chi connectivity index (χ0) is 10.6. The first-order valence-corrected chi connectivity index (χ1v) is 4.34. The molecule has 1 N–H and O–H groups in total. The van der Waals surface area contributed by atoms with E-state index in [9.17, 15) is 4.79 Å². The first kappa shape index (κ1) is 10.4. The summed E-state index contributed by atoms with van der Waals surface area (Å²) in [7, 11) is 0. The summed E-state index contributed by atoms with van der Waals surface area (Å²) in [6, 6.07) is 3.44. The number of aromatic nitrogens is 1. The quantitative estimate of drug-likeness (QED) is 0.580. The highest BCUT2D eigenvalue weighted by molar-refractivity contribution is 6.41. The number of nitrogens with one attached hydrogen (secondary N) is 1. The summed E-state index contributed by atoms with van der Waals surface area (Å²) in [5, 5.41) is 7.47. The minimum absolute atomic E-state index is 0.202. The minimum Gasteiger partial charge on any atom is -0.461 e. The molecule has 1 heterocycles. The summed E-state index contributed by atoms with van der Waals surface area (Å²) in [6.45, 7) is 3.87. The molecule has 0 atom stereocenters. The molecule has 1 aromatic heterocycles. The predicted octanol–water partition coefficient (Wildman–Crippen LogP) is 1.32. The molecule has 1 aromatic rings. The van der Waals surface area contributed by atoms with Crippen molar-refractivity contribution in [2.75, 3.05) is 6.61 Å². The second-order valence-corrected chi connectivity index (χ2v) is 2.82. The van der Waals surface area contributed by atoms with Gasteiger partial charge in [-0.15, -0.1) is 0 Å². The fourth-order valence-electron chi connectivity index (χ4n) is 0.924. The molecule has 0 radical (unpaired) electrons. The highest BCUT2D eigenvalue weighted by atomic mass is 16.5. The van der Waals surface area contributed by atoms with Gasteiger partial charge in [-0.05, 0) is 25.5 Å². The fraction of sp³-hybridized carbons (Fsp3) is 0.300. The average molecular weight is 192 g/mol. The van der Waals surface area contributed by atoms with Gasteiger partial charge in [-0.25, -0.2) is 4.79 Å². The number of pyridine rings is 1. The van der Waals surface area contributed by atoms with E-state index in [4.69, 9.17) is 5.41 Å². The Kier molecular flexibility index (Phi) is 3.34. The Hall–Kier alpha value is -1.71. The Morgan fingerprint density at radius 3 is 2.79 bits per heavy atom. The first-order chi connectivity index (χ1) is 6.65. The maximum absolute atomic E-state index is 11.1. The molecule has 0 aromatic carbocycles. The lowest BCUT2D eigenvalue weighted by Crippen LogP contribution is -2.18. The van der Waals surface area contributed by atoms with Gasteiger partial charge in [0.05, 0.1) is 12.3 Å². The van der Waals surface area contributed by atoms with Crippen molar-refractivity contribution in [2.45, 2.75) is 13.8 Å². The van der Waals surface area contributed by atoms with Gasteiger partial charge in [-0.3, -0.25) is 10.4 Å². The summed E-state index contributed by atoms with van der Waals surface area (Å²) in [5.41, 5.74) is 1.13. The van der Waals surface area contributed by atoms with Gasteiger partial charge < -0.3 is 4.74 Å². The fourth-order valence-corrected chi connectivity index (χ4v) is 0.924. The SMILES string of the molecule is CCOC(=O)C(=N)c1ccc(C)cn1. The van der Waals surface area contributed by atoms with Crippen LogP contribution >= 0.6 is 0 Å². The lowest BCUT2D eigenvalue weighted by molar-refractivity contribution is -0.135. The van der Waals surface area contributed by atoms with E-state index in [1.54, 1.807) is 25.3 Å². The van der Waals surface area contributed by atoms with Gasteiger partial charge in [-0.1, -0.05) is 6.07 Å². The number of aryl methyl sites for hydroxylation is 1. The molecule has 0 spiro atoms. The van der Waals surface area contributed by atoms with Gasteiger partial charge in [-0.2, -0.15) is 0 Å². The molecule has 14 heavy (non-hydrogen) atoms. The van der Waals surface area contributed by atoms with Gasteiger partial charge in [0.25, 0.3) is 0 Å². The van der Waals surface area contributed by atoms with Crippen LogP contribution in [0.2, 0.25) is 0 Å². The lowest BCUT2D eigenvalue weighted by atomic mass is 10.2. The van der Waals surface area contributed by atoms with E-state index < -0.39 is 5.97 Å². The number of hydrogen-bond donors (Lipinski definition) is 1. The van der Waals surface area contributed by atoms with Crippen LogP contribution in [0.4, 0.5) is 0 Å². The second-order valence-electron chi connectivity index (χ2n) is 2.82. The van der Waals surface area contributed by atoms with Gasteiger partial charge in [0, 0.05) is 6.20 Å². The van der Waals surface area contributed by atoms with E-state index in [0.29, 0.717) is 5.69 Å². The topological polar surface area (TPSA) is 63.0 Å². The molecule has 0 amide bonds. The Bertz CT molecular complexity index is 344. The van der Waals surface area contributed by atoms with Crippen molar-refractivity contribution in [3.63, 3.8) is 0 Å². The highest BCUT2D eigenvalue weighted by Crippen LogP contribution is 2.00. The summed E-state index contributed by atoms with van der Waals surface area (Å²) in [6.07, 6.45) is 1.61. The Balaban J connectivity index is 2.79. The number of carbonyl (C=O) groups excluding carboxylic acids is 1. The van der Waals surface area contributed by atoms with Crippen LogP contribution in [0.3, 0.4) is 0 Å². The van der Waals surface area contributed by atoms with E-state index >= 15 is 0 Å². The smallest absolute Gasteiger partial charge is 0.358 e. The lowest BCUT2D eigenvalue weighted by Gasteiger charge is -2.02. The molecular weight excluding hydrogens is 180 g/mol. The third kappa shape index (κ3) is 2.39. The minimum atomic E-state index is -0.635. The van der Waals surface area contributed by atoms with Crippen LogP contribution in [-0.4, -0.2) is 23.3 Å². The Morgan fingerprint density at radius 2 is 2.29 bits per heavy atom. The molecule has 0 fully saturated rings. The van der Waals surface area contributed by atoms with E-state index in [-0.39, 0.29) is 12.3 Å². The van der Waals surface area contributed by atoms with Crippen LogP contribution in [0.15, 0.2) is 18.3 Å². The molecule has 0 aliphatic rings. The maximum Gasteiger partial charge on any atom is 0.358 e. The van der Waals surface area contributed by atoms with Gasteiger partial charge in [0.15, 0.2) is 5.71 Å². The van der Waals surface area contributed by atoms with Gasteiger partial charge in [0.1, 0.15) is 0 Å². The molecule has 4 nitrogen and oxygen atoms in total. The number of rotatable bonds is 3. The van der Waals surface area contributed by atoms with Crippen LogP contribution in [0, 0.1) is 12.3 Å². The second kappa shape index (κ2) is 4.50.